The normalized spacial score (nSPS) is 13.7. The van der Waals surface area contributed by atoms with Crippen molar-refractivity contribution in [2.75, 3.05) is 6.54 Å². The molecule has 0 aromatic carbocycles. The predicted molar refractivity (Wildman–Crippen MR) is 78.2 cm³/mol. The van der Waals surface area contributed by atoms with Crippen molar-refractivity contribution in [3.8, 4) is 0 Å². The molecule has 4 nitrogen and oxygen atoms in total. The van der Waals surface area contributed by atoms with Crippen LogP contribution < -0.4 is 5.32 Å². The fourth-order valence-electron chi connectivity index (χ4n) is 2.10. The van der Waals surface area contributed by atoms with Crippen molar-refractivity contribution in [2.24, 2.45) is 5.41 Å². The van der Waals surface area contributed by atoms with Crippen molar-refractivity contribution in [1.82, 2.24) is 15.5 Å². The minimum atomic E-state index is 0.199. The Morgan fingerprint density at radius 3 is 2.53 bits per heavy atom. The molecule has 0 saturated carbocycles. The first kappa shape index (κ1) is 16.2. The third-order valence-corrected chi connectivity index (χ3v) is 2.94. The van der Waals surface area contributed by atoms with Crippen LogP contribution in [0.4, 0.5) is 0 Å². The third-order valence-electron chi connectivity index (χ3n) is 2.94. The molecule has 1 unspecified atom stereocenters. The summed E-state index contributed by atoms with van der Waals surface area (Å²) in [6, 6.07) is 0.452. The molecule has 110 valence electrons. The first-order chi connectivity index (χ1) is 8.94. The number of rotatable bonds is 8. The molecule has 4 heteroatoms. The molecule has 0 aliphatic carbocycles. The second-order valence-corrected chi connectivity index (χ2v) is 6.49. The van der Waals surface area contributed by atoms with Crippen LogP contribution in [0.1, 0.15) is 65.6 Å². The summed E-state index contributed by atoms with van der Waals surface area (Å²) in [4.78, 5) is 4.51. The summed E-state index contributed by atoms with van der Waals surface area (Å²) >= 11 is 0. The number of nitrogens with one attached hydrogen (secondary N) is 1. The molecule has 0 radical (unpaired) electrons. The molecule has 1 aromatic rings. The topological polar surface area (TPSA) is 51.0 Å². The van der Waals surface area contributed by atoms with Crippen molar-refractivity contribution in [2.45, 2.75) is 72.8 Å². The van der Waals surface area contributed by atoms with Crippen LogP contribution >= 0.6 is 0 Å². The molecule has 1 N–H and O–H groups in total. The summed E-state index contributed by atoms with van der Waals surface area (Å²) in [6.07, 6.45) is 5.17. The summed E-state index contributed by atoms with van der Waals surface area (Å²) in [5.41, 5.74) is 0.199. The predicted octanol–water partition coefficient (Wildman–Crippen LogP) is 3.37. The summed E-state index contributed by atoms with van der Waals surface area (Å²) in [7, 11) is 0. The van der Waals surface area contributed by atoms with Gasteiger partial charge in [0, 0.05) is 18.9 Å². The van der Waals surface area contributed by atoms with Gasteiger partial charge in [-0.2, -0.15) is 4.98 Å². The van der Waals surface area contributed by atoms with Crippen LogP contribution in [-0.2, 0) is 12.8 Å². The standard InChI is InChI=1S/C15H29N3O/c1-6-8-12(16-9-7-2)10-14-17-13(18-19-14)11-15(3,4)5/h12,16H,6-11H2,1-5H3. The van der Waals surface area contributed by atoms with Crippen LogP contribution in [0.15, 0.2) is 4.52 Å². The lowest BCUT2D eigenvalue weighted by Crippen LogP contribution is -2.31. The van der Waals surface area contributed by atoms with E-state index in [0.29, 0.717) is 6.04 Å². The molecule has 0 spiro atoms. The zero-order chi connectivity index (χ0) is 14.3. The van der Waals surface area contributed by atoms with Crippen LogP contribution in [0.3, 0.4) is 0 Å². The molecule has 0 saturated heterocycles. The highest BCUT2D eigenvalue weighted by Crippen LogP contribution is 2.19. The van der Waals surface area contributed by atoms with E-state index in [1.165, 1.54) is 6.42 Å². The number of nitrogens with zero attached hydrogens (tertiary/aromatic N) is 2. The highest BCUT2D eigenvalue weighted by Gasteiger charge is 2.18. The summed E-state index contributed by atoms with van der Waals surface area (Å²) in [5, 5.41) is 7.63. The second-order valence-electron chi connectivity index (χ2n) is 6.49. The van der Waals surface area contributed by atoms with Crippen LogP contribution in [-0.4, -0.2) is 22.7 Å². The largest absolute Gasteiger partial charge is 0.339 e. The Morgan fingerprint density at radius 2 is 1.95 bits per heavy atom. The summed E-state index contributed by atoms with van der Waals surface area (Å²) < 4.78 is 5.37. The van der Waals surface area contributed by atoms with Gasteiger partial charge in [-0.25, -0.2) is 0 Å². The highest BCUT2D eigenvalue weighted by atomic mass is 16.5. The van der Waals surface area contributed by atoms with Gasteiger partial charge in [-0.05, 0) is 24.8 Å². The molecule has 19 heavy (non-hydrogen) atoms. The van der Waals surface area contributed by atoms with Gasteiger partial charge in [0.05, 0.1) is 0 Å². The van der Waals surface area contributed by atoms with E-state index < -0.39 is 0 Å². The first-order valence-corrected chi connectivity index (χ1v) is 7.49. The zero-order valence-corrected chi connectivity index (χ0v) is 13.1. The maximum absolute atomic E-state index is 5.37. The van der Waals surface area contributed by atoms with Crippen LogP contribution in [0.2, 0.25) is 0 Å². The second kappa shape index (κ2) is 7.63. The Labute approximate surface area is 117 Å². The molecular formula is C15H29N3O. The van der Waals surface area contributed by atoms with E-state index in [2.05, 4.69) is 50.1 Å². The van der Waals surface area contributed by atoms with Gasteiger partial charge in [0.15, 0.2) is 5.82 Å². The van der Waals surface area contributed by atoms with Gasteiger partial charge < -0.3 is 9.84 Å². The number of aromatic nitrogens is 2. The average Bonchev–Trinajstić information content (AvgIpc) is 2.71. The van der Waals surface area contributed by atoms with Crippen molar-refractivity contribution < 1.29 is 4.52 Å². The minimum absolute atomic E-state index is 0.199. The van der Waals surface area contributed by atoms with E-state index in [1.807, 2.05) is 0 Å². The van der Waals surface area contributed by atoms with Crippen LogP contribution in [0.25, 0.3) is 0 Å². The molecule has 0 aliphatic heterocycles. The Kier molecular flexibility index (Phi) is 6.49. The molecule has 0 amide bonds. The molecule has 0 bridgehead atoms. The maximum atomic E-state index is 5.37. The van der Waals surface area contributed by atoms with E-state index in [-0.39, 0.29) is 5.41 Å². The van der Waals surface area contributed by atoms with Gasteiger partial charge >= 0.3 is 0 Å². The van der Waals surface area contributed by atoms with Gasteiger partial charge in [-0.3, -0.25) is 0 Å². The number of hydrogen-bond acceptors (Lipinski definition) is 4. The van der Waals surface area contributed by atoms with Crippen molar-refractivity contribution >= 4 is 0 Å². The fourth-order valence-corrected chi connectivity index (χ4v) is 2.10. The van der Waals surface area contributed by atoms with Gasteiger partial charge in [0.25, 0.3) is 0 Å². The monoisotopic (exact) mass is 267 g/mol. The van der Waals surface area contributed by atoms with Crippen molar-refractivity contribution in [1.29, 1.82) is 0 Å². The molecule has 1 atom stereocenters. The Bertz CT molecular complexity index is 355. The lowest BCUT2D eigenvalue weighted by atomic mass is 9.92. The van der Waals surface area contributed by atoms with Gasteiger partial charge in [-0.15, -0.1) is 0 Å². The van der Waals surface area contributed by atoms with Crippen LogP contribution in [0, 0.1) is 5.41 Å². The first-order valence-electron chi connectivity index (χ1n) is 7.49. The van der Waals surface area contributed by atoms with E-state index >= 15 is 0 Å². The average molecular weight is 267 g/mol. The van der Waals surface area contributed by atoms with E-state index in [1.54, 1.807) is 0 Å². The molecular weight excluding hydrogens is 238 g/mol. The molecule has 0 fully saturated rings. The minimum Gasteiger partial charge on any atom is -0.339 e. The zero-order valence-electron chi connectivity index (χ0n) is 13.1. The van der Waals surface area contributed by atoms with E-state index in [0.717, 1.165) is 43.9 Å². The molecule has 0 aliphatic rings. The third kappa shape index (κ3) is 6.71. The van der Waals surface area contributed by atoms with Crippen molar-refractivity contribution in [3.63, 3.8) is 0 Å². The number of hydrogen-bond donors (Lipinski definition) is 1. The highest BCUT2D eigenvalue weighted by molar-refractivity contribution is 4.92. The fraction of sp³-hybridized carbons (Fsp3) is 0.867. The molecule has 1 aromatic heterocycles. The lowest BCUT2D eigenvalue weighted by Gasteiger charge is -2.15. The lowest BCUT2D eigenvalue weighted by molar-refractivity contribution is 0.338. The van der Waals surface area contributed by atoms with Crippen LogP contribution in [0.5, 0.6) is 0 Å². The van der Waals surface area contributed by atoms with Gasteiger partial charge in [0.2, 0.25) is 5.89 Å². The van der Waals surface area contributed by atoms with E-state index in [4.69, 9.17) is 4.52 Å². The summed E-state index contributed by atoms with van der Waals surface area (Å²) in [6.45, 7) is 12.0. The summed E-state index contributed by atoms with van der Waals surface area (Å²) in [5.74, 6) is 1.59. The Balaban J connectivity index is 2.54. The van der Waals surface area contributed by atoms with Gasteiger partial charge in [0.1, 0.15) is 0 Å². The van der Waals surface area contributed by atoms with Crippen molar-refractivity contribution in [3.05, 3.63) is 11.7 Å². The Morgan fingerprint density at radius 1 is 1.21 bits per heavy atom. The molecule has 1 rings (SSSR count). The SMILES string of the molecule is CCCNC(CCC)Cc1nc(CC(C)(C)C)no1. The quantitative estimate of drug-likeness (QED) is 0.784. The maximum Gasteiger partial charge on any atom is 0.228 e. The van der Waals surface area contributed by atoms with E-state index in [9.17, 15) is 0 Å². The smallest absolute Gasteiger partial charge is 0.228 e. The van der Waals surface area contributed by atoms with Gasteiger partial charge in [-0.1, -0.05) is 46.2 Å². The Hall–Kier alpha value is -0.900. The molecule has 1 heterocycles.